The van der Waals surface area contributed by atoms with Crippen LogP contribution in [0.15, 0.2) is 49.1 Å². The Labute approximate surface area is 257 Å². The summed E-state index contributed by atoms with van der Waals surface area (Å²) in [6.45, 7) is 10.2. The number of nitrogens with zero attached hydrogens (tertiary/aromatic N) is 6. The number of aliphatic hydroxyl groups is 1. The van der Waals surface area contributed by atoms with Gasteiger partial charge in [0.2, 0.25) is 11.7 Å². The maximum absolute atomic E-state index is 12.4. The van der Waals surface area contributed by atoms with Gasteiger partial charge in [0.25, 0.3) is 0 Å². The number of carbonyl (C=O) groups is 1. The Morgan fingerprint density at radius 2 is 1.91 bits per heavy atom. The number of likely N-dealkylation sites (N-methyl/N-ethyl adjacent to an activating group) is 2. The van der Waals surface area contributed by atoms with Crippen molar-refractivity contribution < 1.29 is 19.4 Å². The molecule has 3 aromatic rings. The topological polar surface area (TPSA) is 94.5 Å². The first-order valence-electron chi connectivity index (χ1n) is 14.8. The number of piperazine rings is 1. The second-order valence-electron chi connectivity index (χ2n) is 11.9. The molecule has 11 heteroatoms. The van der Waals surface area contributed by atoms with Gasteiger partial charge < -0.3 is 29.3 Å². The zero-order valence-electron chi connectivity index (χ0n) is 25.2. The first-order valence-corrected chi connectivity index (χ1v) is 15.2. The van der Waals surface area contributed by atoms with Crippen molar-refractivity contribution in [3.8, 4) is 11.8 Å². The molecule has 3 aliphatic heterocycles. The zero-order valence-corrected chi connectivity index (χ0v) is 25.9. The van der Waals surface area contributed by atoms with Crippen LogP contribution < -0.4 is 19.3 Å². The first-order chi connectivity index (χ1) is 20.6. The van der Waals surface area contributed by atoms with Gasteiger partial charge in [-0.1, -0.05) is 48.5 Å². The van der Waals surface area contributed by atoms with E-state index >= 15 is 0 Å². The van der Waals surface area contributed by atoms with Gasteiger partial charge >= 0.3 is 6.01 Å². The smallest absolute Gasteiger partial charge is 0.320 e. The number of halogens is 1. The molecule has 1 unspecified atom stereocenters. The van der Waals surface area contributed by atoms with Crippen molar-refractivity contribution >= 4 is 39.9 Å². The Balaban J connectivity index is 1.41. The Morgan fingerprint density at radius 1 is 1.16 bits per heavy atom. The SMILES string of the molecule is C=CC(=O)N1CCN(c2nc(OC[C@@]3(O)CCCN3C)nc3c2O[C@H](C)C(c2cccc4cccc(Cl)c24)N3C)[C@@H](C)C1. The number of anilines is 2. The minimum Gasteiger partial charge on any atom is -0.481 e. The molecule has 0 saturated carbocycles. The predicted molar refractivity (Wildman–Crippen MR) is 168 cm³/mol. The summed E-state index contributed by atoms with van der Waals surface area (Å²) >= 11 is 6.74. The van der Waals surface area contributed by atoms with Crippen LogP contribution in [0.3, 0.4) is 0 Å². The number of ether oxygens (including phenoxy) is 2. The molecule has 4 atom stereocenters. The molecule has 3 aliphatic rings. The summed E-state index contributed by atoms with van der Waals surface area (Å²) in [7, 11) is 3.89. The summed E-state index contributed by atoms with van der Waals surface area (Å²) in [5, 5.41) is 13.9. The third kappa shape index (κ3) is 5.25. The van der Waals surface area contributed by atoms with E-state index in [2.05, 4.69) is 41.5 Å². The Morgan fingerprint density at radius 3 is 2.60 bits per heavy atom. The average Bonchev–Trinajstić information content (AvgIpc) is 3.33. The summed E-state index contributed by atoms with van der Waals surface area (Å²) in [6, 6.07) is 12.0. The minimum absolute atomic E-state index is 0.0439. The highest BCUT2D eigenvalue weighted by Crippen LogP contribution is 2.48. The number of hydrogen-bond donors (Lipinski definition) is 1. The van der Waals surface area contributed by atoms with E-state index in [4.69, 9.17) is 31.0 Å². The summed E-state index contributed by atoms with van der Waals surface area (Å²) in [6.07, 6.45) is 2.59. The van der Waals surface area contributed by atoms with E-state index in [1.165, 1.54) is 6.08 Å². The van der Waals surface area contributed by atoms with E-state index in [1.807, 2.05) is 44.1 Å². The predicted octanol–water partition coefficient (Wildman–Crippen LogP) is 4.26. The van der Waals surface area contributed by atoms with Crippen LogP contribution in [-0.4, -0.2) is 95.5 Å². The summed E-state index contributed by atoms with van der Waals surface area (Å²) in [5.41, 5.74) is -0.0408. The van der Waals surface area contributed by atoms with Crippen molar-refractivity contribution in [3.63, 3.8) is 0 Å². The third-order valence-electron chi connectivity index (χ3n) is 9.11. The van der Waals surface area contributed by atoms with Gasteiger partial charge in [-0.25, -0.2) is 0 Å². The van der Waals surface area contributed by atoms with Crippen LogP contribution in [0.1, 0.15) is 38.3 Å². The normalized spacial score (nSPS) is 25.9. The second-order valence-corrected chi connectivity index (χ2v) is 12.3. The van der Waals surface area contributed by atoms with Gasteiger partial charge in [-0.15, -0.1) is 0 Å². The van der Waals surface area contributed by atoms with E-state index in [0.29, 0.717) is 48.5 Å². The lowest BCUT2D eigenvalue weighted by atomic mass is 9.93. The van der Waals surface area contributed by atoms with Gasteiger partial charge in [0.1, 0.15) is 12.7 Å². The molecule has 0 spiro atoms. The Hall–Kier alpha value is -3.60. The number of likely N-dealkylation sites (tertiary alicyclic amines) is 1. The van der Waals surface area contributed by atoms with Crippen LogP contribution in [0.25, 0.3) is 10.8 Å². The molecule has 43 heavy (non-hydrogen) atoms. The lowest BCUT2D eigenvalue weighted by Crippen LogP contribution is -2.54. The van der Waals surface area contributed by atoms with E-state index < -0.39 is 5.72 Å². The van der Waals surface area contributed by atoms with Crippen molar-refractivity contribution in [2.45, 2.75) is 50.6 Å². The van der Waals surface area contributed by atoms with Gasteiger partial charge in [-0.05, 0) is 56.8 Å². The molecule has 0 bridgehead atoms. The van der Waals surface area contributed by atoms with Crippen LogP contribution in [-0.2, 0) is 4.79 Å². The van der Waals surface area contributed by atoms with Crippen molar-refractivity contribution in [2.75, 3.05) is 56.7 Å². The van der Waals surface area contributed by atoms with Crippen LogP contribution >= 0.6 is 11.6 Å². The van der Waals surface area contributed by atoms with Gasteiger partial charge in [0.15, 0.2) is 17.4 Å². The molecule has 1 aromatic heterocycles. The number of carbonyl (C=O) groups excluding carboxylic acids is 1. The number of benzene rings is 2. The van der Waals surface area contributed by atoms with Crippen molar-refractivity contribution in [2.24, 2.45) is 0 Å². The van der Waals surface area contributed by atoms with Gasteiger partial charge in [-0.3, -0.25) is 9.69 Å². The molecule has 1 N–H and O–H groups in total. The van der Waals surface area contributed by atoms with Crippen molar-refractivity contribution in [1.29, 1.82) is 0 Å². The molecule has 2 aromatic carbocycles. The van der Waals surface area contributed by atoms with E-state index in [0.717, 1.165) is 29.3 Å². The van der Waals surface area contributed by atoms with Crippen LogP contribution in [0.4, 0.5) is 11.6 Å². The molecular weight excluding hydrogens is 568 g/mol. The number of amides is 1. The fraction of sp³-hybridized carbons (Fsp3) is 0.469. The summed E-state index contributed by atoms with van der Waals surface area (Å²) < 4.78 is 12.9. The Bertz CT molecular complexity index is 1550. The quantitative estimate of drug-likeness (QED) is 0.413. The van der Waals surface area contributed by atoms with Gasteiger partial charge in [0.05, 0.1) is 6.04 Å². The molecule has 10 nitrogen and oxygen atoms in total. The fourth-order valence-corrected chi connectivity index (χ4v) is 6.99. The molecule has 0 aliphatic carbocycles. The Kier molecular flexibility index (Phi) is 7.87. The van der Waals surface area contributed by atoms with E-state index in [-0.39, 0.29) is 36.7 Å². The number of rotatable bonds is 6. The third-order valence-corrected chi connectivity index (χ3v) is 9.43. The molecule has 1 amide bonds. The standard InChI is InChI=1S/C32H39ClN6O4/c1-6-25(40)38-16-17-39(20(2)18-38)30-28-29(34-31(35-30)42-19-32(41)14-9-15-36(32)4)37(5)27(21(3)43-28)23-12-7-10-22-11-8-13-24(33)26(22)23/h6-8,10-13,20-21,27,41H,1,9,14-19H2,2-5H3/t20-,21+,27?,32-/m0/s1. The molecule has 2 fully saturated rings. The average molecular weight is 607 g/mol. The summed E-state index contributed by atoms with van der Waals surface area (Å²) in [4.78, 5) is 30.0. The first kappa shape index (κ1) is 29.5. The largest absolute Gasteiger partial charge is 0.481 e. The number of hydrogen-bond acceptors (Lipinski definition) is 9. The van der Waals surface area contributed by atoms with Crippen LogP contribution in [0, 0.1) is 0 Å². The highest BCUT2D eigenvalue weighted by molar-refractivity contribution is 6.35. The highest BCUT2D eigenvalue weighted by Gasteiger charge is 2.41. The van der Waals surface area contributed by atoms with E-state index in [1.54, 1.807) is 4.90 Å². The summed E-state index contributed by atoms with van der Waals surface area (Å²) in [5.74, 6) is 1.68. The van der Waals surface area contributed by atoms with Gasteiger partial charge in [-0.2, -0.15) is 9.97 Å². The fourth-order valence-electron chi connectivity index (χ4n) is 6.70. The molecule has 0 radical (unpaired) electrons. The second kappa shape index (κ2) is 11.5. The minimum atomic E-state index is -1.08. The molecule has 228 valence electrons. The van der Waals surface area contributed by atoms with Crippen molar-refractivity contribution in [1.82, 2.24) is 19.8 Å². The molecular formula is C32H39ClN6O4. The molecule has 2 saturated heterocycles. The number of aromatic nitrogens is 2. The lowest BCUT2D eigenvalue weighted by molar-refractivity contribution is -0.126. The van der Waals surface area contributed by atoms with Crippen LogP contribution in [0.2, 0.25) is 5.02 Å². The van der Waals surface area contributed by atoms with Gasteiger partial charge in [0, 0.05) is 49.7 Å². The lowest BCUT2D eigenvalue weighted by Gasteiger charge is -2.44. The number of fused-ring (bicyclic) bond motifs is 2. The molecule has 6 rings (SSSR count). The van der Waals surface area contributed by atoms with Crippen LogP contribution in [0.5, 0.6) is 11.8 Å². The highest BCUT2D eigenvalue weighted by atomic mass is 35.5. The van der Waals surface area contributed by atoms with Crippen molar-refractivity contribution in [3.05, 3.63) is 59.6 Å². The van der Waals surface area contributed by atoms with E-state index in [9.17, 15) is 9.90 Å². The zero-order chi connectivity index (χ0) is 30.5. The maximum Gasteiger partial charge on any atom is 0.320 e. The molecule has 4 heterocycles. The monoisotopic (exact) mass is 606 g/mol. The maximum atomic E-state index is 12.4.